The van der Waals surface area contributed by atoms with Gasteiger partial charge in [0.15, 0.2) is 0 Å². The van der Waals surface area contributed by atoms with Crippen molar-refractivity contribution in [3.05, 3.63) is 65.7 Å². The van der Waals surface area contributed by atoms with Gasteiger partial charge >= 0.3 is 0 Å². The molecule has 0 radical (unpaired) electrons. The van der Waals surface area contributed by atoms with Crippen LogP contribution in [0.3, 0.4) is 0 Å². The zero-order chi connectivity index (χ0) is 24.2. The van der Waals surface area contributed by atoms with Gasteiger partial charge < -0.3 is 25.0 Å². The molecule has 2 aromatic rings. The Morgan fingerprint density at radius 3 is 2.68 bits per heavy atom. The van der Waals surface area contributed by atoms with Gasteiger partial charge in [0.1, 0.15) is 11.8 Å². The summed E-state index contributed by atoms with van der Waals surface area (Å²) in [6, 6.07) is 16.2. The average molecular weight is 468 g/mol. The minimum absolute atomic E-state index is 0.120. The van der Waals surface area contributed by atoms with E-state index in [9.17, 15) is 14.4 Å². The number of amides is 3. The minimum Gasteiger partial charge on any atom is -0.497 e. The van der Waals surface area contributed by atoms with Crippen molar-refractivity contribution in [3.63, 3.8) is 0 Å². The molecule has 1 aliphatic rings. The second kappa shape index (κ2) is 13.3. The van der Waals surface area contributed by atoms with Crippen LogP contribution < -0.4 is 15.4 Å². The number of nitrogens with zero attached hydrogens (tertiary/aromatic N) is 1. The molecule has 1 saturated heterocycles. The predicted octanol–water partition coefficient (Wildman–Crippen LogP) is 1.72. The maximum Gasteiger partial charge on any atom is 0.245 e. The van der Waals surface area contributed by atoms with E-state index in [4.69, 9.17) is 9.47 Å². The Kier molecular flexibility index (Phi) is 9.91. The third kappa shape index (κ3) is 8.19. The number of rotatable bonds is 7. The van der Waals surface area contributed by atoms with Gasteiger partial charge in [0.25, 0.3) is 0 Å². The van der Waals surface area contributed by atoms with Crippen molar-refractivity contribution in [3.8, 4) is 5.75 Å². The molecule has 8 heteroatoms. The molecular formula is C26H33N3O5. The molecule has 0 saturated carbocycles. The van der Waals surface area contributed by atoms with Crippen LogP contribution >= 0.6 is 0 Å². The number of hydrogen-bond acceptors (Lipinski definition) is 5. The first-order valence-electron chi connectivity index (χ1n) is 11.6. The van der Waals surface area contributed by atoms with Crippen LogP contribution in [0.5, 0.6) is 5.75 Å². The molecule has 1 unspecified atom stereocenters. The summed E-state index contributed by atoms with van der Waals surface area (Å²) in [5.74, 6) is 0.104. The highest BCUT2D eigenvalue weighted by molar-refractivity contribution is 5.89. The standard InChI is InChI=1S/C26H33N3O5/c1-33-22-10-5-9-21(17-22)19-25(31)28-23(18-20-7-3-2-4-8-20)26(32)29-13-6-15-34-16-12-27-24(30)11-14-29/h2-5,7-10,17,23H,6,11-16,18-19H2,1H3,(H,27,30)(H,28,31). The third-order valence-electron chi connectivity index (χ3n) is 5.62. The van der Waals surface area contributed by atoms with E-state index in [0.717, 1.165) is 11.1 Å². The zero-order valence-electron chi connectivity index (χ0n) is 19.6. The topological polar surface area (TPSA) is 97.0 Å². The van der Waals surface area contributed by atoms with Crippen molar-refractivity contribution < 1.29 is 23.9 Å². The summed E-state index contributed by atoms with van der Waals surface area (Å²) < 4.78 is 10.8. The molecule has 1 heterocycles. The molecule has 3 rings (SSSR count). The number of methoxy groups -OCH3 is 1. The number of hydrogen-bond donors (Lipinski definition) is 2. The summed E-state index contributed by atoms with van der Waals surface area (Å²) in [5.41, 5.74) is 1.74. The molecule has 0 spiro atoms. The number of carbonyl (C=O) groups is 3. The van der Waals surface area contributed by atoms with Gasteiger partial charge in [0, 0.05) is 39.1 Å². The van der Waals surface area contributed by atoms with E-state index in [2.05, 4.69) is 10.6 Å². The van der Waals surface area contributed by atoms with Crippen LogP contribution in [0.15, 0.2) is 54.6 Å². The third-order valence-corrected chi connectivity index (χ3v) is 5.62. The van der Waals surface area contributed by atoms with Gasteiger partial charge in [-0.05, 0) is 29.7 Å². The van der Waals surface area contributed by atoms with Crippen LogP contribution in [0.1, 0.15) is 24.0 Å². The van der Waals surface area contributed by atoms with Crippen LogP contribution in [0, 0.1) is 0 Å². The van der Waals surface area contributed by atoms with Crippen molar-refractivity contribution in [1.29, 1.82) is 0 Å². The lowest BCUT2D eigenvalue weighted by atomic mass is 10.0. The molecule has 1 aliphatic heterocycles. The Balaban J connectivity index is 1.73. The quantitative estimate of drug-likeness (QED) is 0.646. The highest BCUT2D eigenvalue weighted by Crippen LogP contribution is 2.14. The Hall–Kier alpha value is -3.39. The zero-order valence-corrected chi connectivity index (χ0v) is 19.6. The van der Waals surface area contributed by atoms with Crippen molar-refractivity contribution in [2.45, 2.75) is 31.7 Å². The average Bonchev–Trinajstić information content (AvgIpc) is 2.89. The minimum atomic E-state index is -0.741. The molecule has 0 aliphatic carbocycles. The Morgan fingerprint density at radius 1 is 1.09 bits per heavy atom. The first-order valence-corrected chi connectivity index (χ1v) is 11.6. The fourth-order valence-electron chi connectivity index (χ4n) is 3.86. The summed E-state index contributed by atoms with van der Waals surface area (Å²) >= 11 is 0. The normalized spacial score (nSPS) is 16.0. The van der Waals surface area contributed by atoms with Gasteiger partial charge in [-0.1, -0.05) is 42.5 Å². The number of benzene rings is 2. The summed E-state index contributed by atoms with van der Waals surface area (Å²) in [6.45, 7) is 2.18. The smallest absolute Gasteiger partial charge is 0.245 e. The molecule has 8 nitrogen and oxygen atoms in total. The van der Waals surface area contributed by atoms with E-state index in [1.54, 1.807) is 18.1 Å². The summed E-state index contributed by atoms with van der Waals surface area (Å²) in [4.78, 5) is 40.2. The van der Waals surface area contributed by atoms with Crippen molar-refractivity contribution in [2.24, 2.45) is 0 Å². The Labute approximate surface area is 200 Å². The van der Waals surface area contributed by atoms with Gasteiger partial charge in [-0.2, -0.15) is 0 Å². The van der Waals surface area contributed by atoms with E-state index in [1.165, 1.54) is 0 Å². The lowest BCUT2D eigenvalue weighted by Gasteiger charge is -2.28. The molecular weight excluding hydrogens is 434 g/mol. The molecule has 2 N–H and O–H groups in total. The first-order chi connectivity index (χ1) is 16.5. The maximum atomic E-state index is 13.6. The fraction of sp³-hybridized carbons (Fsp3) is 0.423. The van der Waals surface area contributed by atoms with E-state index in [1.807, 2.05) is 48.5 Å². The molecule has 182 valence electrons. The van der Waals surface area contributed by atoms with Crippen molar-refractivity contribution >= 4 is 17.7 Å². The molecule has 3 amide bonds. The molecule has 0 bridgehead atoms. The predicted molar refractivity (Wildman–Crippen MR) is 128 cm³/mol. The fourth-order valence-corrected chi connectivity index (χ4v) is 3.86. The van der Waals surface area contributed by atoms with E-state index >= 15 is 0 Å². The second-order valence-electron chi connectivity index (χ2n) is 8.23. The lowest BCUT2D eigenvalue weighted by Crippen LogP contribution is -2.51. The van der Waals surface area contributed by atoms with E-state index in [-0.39, 0.29) is 30.6 Å². The lowest BCUT2D eigenvalue weighted by molar-refractivity contribution is -0.137. The highest BCUT2D eigenvalue weighted by atomic mass is 16.5. The molecule has 1 fully saturated rings. The van der Waals surface area contributed by atoms with Gasteiger partial charge in [-0.15, -0.1) is 0 Å². The molecule has 34 heavy (non-hydrogen) atoms. The highest BCUT2D eigenvalue weighted by Gasteiger charge is 2.27. The van der Waals surface area contributed by atoms with Crippen LogP contribution in [-0.4, -0.2) is 68.6 Å². The first kappa shape index (κ1) is 25.2. The molecule has 1 atom stereocenters. The van der Waals surface area contributed by atoms with Crippen LogP contribution in [0.2, 0.25) is 0 Å². The molecule has 0 aromatic heterocycles. The summed E-state index contributed by atoms with van der Waals surface area (Å²) in [6.07, 6.45) is 1.37. The van der Waals surface area contributed by atoms with Crippen molar-refractivity contribution in [1.82, 2.24) is 15.5 Å². The van der Waals surface area contributed by atoms with Crippen LogP contribution in [0.25, 0.3) is 0 Å². The van der Waals surface area contributed by atoms with Gasteiger partial charge in [-0.25, -0.2) is 0 Å². The Bertz CT molecular complexity index is 950. The van der Waals surface area contributed by atoms with Gasteiger partial charge in [0.05, 0.1) is 20.1 Å². The van der Waals surface area contributed by atoms with Crippen LogP contribution in [0.4, 0.5) is 0 Å². The number of carbonyl (C=O) groups excluding carboxylic acids is 3. The Morgan fingerprint density at radius 2 is 1.88 bits per heavy atom. The van der Waals surface area contributed by atoms with E-state index in [0.29, 0.717) is 51.4 Å². The summed E-state index contributed by atoms with van der Waals surface area (Å²) in [7, 11) is 1.58. The van der Waals surface area contributed by atoms with Crippen molar-refractivity contribution in [2.75, 3.05) is 40.0 Å². The van der Waals surface area contributed by atoms with Crippen LogP contribution in [-0.2, 0) is 32.0 Å². The largest absolute Gasteiger partial charge is 0.497 e. The number of nitrogens with one attached hydrogen (secondary N) is 2. The maximum absolute atomic E-state index is 13.6. The van der Waals surface area contributed by atoms with E-state index < -0.39 is 6.04 Å². The monoisotopic (exact) mass is 467 g/mol. The van der Waals surface area contributed by atoms with Gasteiger partial charge in [0.2, 0.25) is 17.7 Å². The van der Waals surface area contributed by atoms with Gasteiger partial charge in [-0.3, -0.25) is 14.4 Å². The number of ether oxygens (including phenoxy) is 2. The SMILES string of the molecule is COc1cccc(CC(=O)NC(Cc2ccccc2)C(=O)N2CCCOCCNC(=O)CC2)c1. The summed E-state index contributed by atoms with van der Waals surface area (Å²) in [5, 5.41) is 5.73. The molecule has 2 aromatic carbocycles. The second-order valence-corrected chi connectivity index (χ2v) is 8.23.